The predicted molar refractivity (Wildman–Crippen MR) is 61.3 cm³/mol. The summed E-state index contributed by atoms with van der Waals surface area (Å²) in [6.45, 7) is 3.67. The summed E-state index contributed by atoms with van der Waals surface area (Å²) in [5, 5.41) is 12.2. The van der Waals surface area contributed by atoms with Crippen LogP contribution in [0.25, 0.3) is 0 Å². The number of hydrogen-bond donors (Lipinski definition) is 2. The number of carboxylic acid groups (broad SMARTS) is 1. The van der Waals surface area contributed by atoms with Gasteiger partial charge in [0.15, 0.2) is 0 Å². The van der Waals surface area contributed by atoms with Crippen molar-refractivity contribution in [3.05, 3.63) is 0 Å². The van der Waals surface area contributed by atoms with Crippen molar-refractivity contribution >= 4 is 5.97 Å². The first-order valence-electron chi connectivity index (χ1n) is 6.29. The number of alkyl halides is 3. The molecule has 1 saturated carbocycles. The van der Waals surface area contributed by atoms with Crippen LogP contribution in [0.2, 0.25) is 0 Å². The molecule has 0 radical (unpaired) electrons. The van der Waals surface area contributed by atoms with Gasteiger partial charge in [0, 0.05) is 6.04 Å². The van der Waals surface area contributed by atoms with Crippen LogP contribution in [0.5, 0.6) is 0 Å². The second kappa shape index (κ2) is 5.47. The minimum absolute atomic E-state index is 0.0285. The van der Waals surface area contributed by atoms with Crippen molar-refractivity contribution in [2.24, 2.45) is 5.92 Å². The van der Waals surface area contributed by atoms with Crippen molar-refractivity contribution in [3.8, 4) is 0 Å². The molecule has 1 aliphatic rings. The van der Waals surface area contributed by atoms with E-state index < -0.39 is 23.6 Å². The first kappa shape index (κ1) is 15.3. The first-order valence-corrected chi connectivity index (χ1v) is 6.29. The molecular formula is C12H20F3NO2. The Balaban J connectivity index is 2.87. The van der Waals surface area contributed by atoms with Gasteiger partial charge in [-0.15, -0.1) is 0 Å². The molecular weight excluding hydrogens is 247 g/mol. The molecule has 6 heteroatoms. The summed E-state index contributed by atoms with van der Waals surface area (Å²) in [5.74, 6) is -2.68. The SMILES string of the molecule is CCC(C)NC1(C(=O)O)CCCC(C(F)(F)F)C1. The number of rotatable bonds is 4. The number of halogens is 3. The monoisotopic (exact) mass is 267 g/mol. The molecule has 1 aliphatic carbocycles. The molecule has 106 valence electrons. The molecule has 0 heterocycles. The van der Waals surface area contributed by atoms with Gasteiger partial charge in [0.1, 0.15) is 5.54 Å². The fourth-order valence-electron chi connectivity index (χ4n) is 2.52. The van der Waals surface area contributed by atoms with Gasteiger partial charge in [0.2, 0.25) is 0 Å². The lowest BCUT2D eigenvalue weighted by Crippen LogP contribution is -2.58. The zero-order chi connectivity index (χ0) is 14.0. The Morgan fingerprint density at radius 3 is 2.61 bits per heavy atom. The second-order valence-electron chi connectivity index (χ2n) is 5.18. The molecule has 0 saturated heterocycles. The molecule has 0 spiro atoms. The number of carboxylic acids is 1. The maximum atomic E-state index is 12.7. The number of carbonyl (C=O) groups is 1. The summed E-state index contributed by atoms with van der Waals surface area (Å²) in [5.41, 5.74) is -1.42. The molecule has 0 aromatic rings. The maximum absolute atomic E-state index is 12.7. The Bertz CT molecular complexity index is 306. The molecule has 0 aromatic heterocycles. The van der Waals surface area contributed by atoms with Crippen molar-refractivity contribution in [1.29, 1.82) is 0 Å². The summed E-state index contributed by atoms with van der Waals surface area (Å²) < 4.78 is 38.2. The predicted octanol–water partition coefficient (Wildman–Crippen LogP) is 2.95. The lowest BCUT2D eigenvalue weighted by Gasteiger charge is -2.40. The highest BCUT2D eigenvalue weighted by Gasteiger charge is 2.51. The van der Waals surface area contributed by atoms with Gasteiger partial charge in [-0.2, -0.15) is 13.2 Å². The largest absolute Gasteiger partial charge is 0.480 e. The quantitative estimate of drug-likeness (QED) is 0.823. The van der Waals surface area contributed by atoms with Gasteiger partial charge in [-0.1, -0.05) is 13.3 Å². The standard InChI is InChI=1S/C12H20F3NO2/c1-3-8(2)16-11(10(17)18)6-4-5-9(7-11)12(13,14)15/h8-9,16H,3-7H2,1-2H3,(H,17,18). The highest BCUT2D eigenvalue weighted by atomic mass is 19.4. The van der Waals surface area contributed by atoms with Crippen LogP contribution in [-0.2, 0) is 4.79 Å². The lowest BCUT2D eigenvalue weighted by atomic mass is 9.75. The molecule has 1 fully saturated rings. The highest BCUT2D eigenvalue weighted by Crippen LogP contribution is 2.42. The smallest absolute Gasteiger partial charge is 0.391 e. The van der Waals surface area contributed by atoms with Crippen LogP contribution in [-0.4, -0.2) is 28.8 Å². The van der Waals surface area contributed by atoms with E-state index in [1.54, 1.807) is 6.92 Å². The summed E-state index contributed by atoms with van der Waals surface area (Å²) in [6.07, 6.45) is -3.40. The molecule has 0 aliphatic heterocycles. The third-order valence-electron chi connectivity index (χ3n) is 3.76. The van der Waals surface area contributed by atoms with E-state index in [-0.39, 0.29) is 25.3 Å². The summed E-state index contributed by atoms with van der Waals surface area (Å²) >= 11 is 0. The zero-order valence-electron chi connectivity index (χ0n) is 10.7. The van der Waals surface area contributed by atoms with Gasteiger partial charge in [-0.3, -0.25) is 10.1 Å². The van der Waals surface area contributed by atoms with E-state index in [2.05, 4.69) is 5.32 Å². The Morgan fingerprint density at radius 1 is 1.56 bits per heavy atom. The van der Waals surface area contributed by atoms with Gasteiger partial charge in [0.05, 0.1) is 5.92 Å². The van der Waals surface area contributed by atoms with Crippen LogP contribution in [0, 0.1) is 5.92 Å². The Kier molecular flexibility index (Phi) is 4.64. The molecule has 3 unspecified atom stereocenters. The summed E-state index contributed by atoms with van der Waals surface area (Å²) in [4.78, 5) is 11.4. The topological polar surface area (TPSA) is 49.3 Å². The Morgan fingerprint density at radius 2 is 2.17 bits per heavy atom. The van der Waals surface area contributed by atoms with Crippen LogP contribution in [0.4, 0.5) is 13.2 Å². The molecule has 1 rings (SSSR count). The van der Waals surface area contributed by atoms with Gasteiger partial charge >= 0.3 is 12.1 Å². The fraction of sp³-hybridized carbons (Fsp3) is 0.917. The first-order chi connectivity index (χ1) is 8.21. The molecule has 3 atom stereocenters. The van der Waals surface area contributed by atoms with Crippen LogP contribution < -0.4 is 5.32 Å². The van der Waals surface area contributed by atoms with E-state index in [0.29, 0.717) is 12.8 Å². The van der Waals surface area contributed by atoms with Crippen LogP contribution in [0.15, 0.2) is 0 Å². The normalized spacial score (nSPS) is 31.1. The van der Waals surface area contributed by atoms with Crippen LogP contribution >= 0.6 is 0 Å². The van der Waals surface area contributed by atoms with E-state index in [9.17, 15) is 23.1 Å². The average molecular weight is 267 g/mol. The molecule has 0 amide bonds. The second-order valence-corrected chi connectivity index (χ2v) is 5.18. The van der Waals surface area contributed by atoms with E-state index >= 15 is 0 Å². The molecule has 0 bridgehead atoms. The van der Waals surface area contributed by atoms with Crippen molar-refractivity contribution in [2.75, 3.05) is 0 Å². The van der Waals surface area contributed by atoms with E-state index in [1.807, 2.05) is 6.92 Å². The van der Waals surface area contributed by atoms with E-state index in [4.69, 9.17) is 0 Å². The van der Waals surface area contributed by atoms with Crippen LogP contribution in [0.3, 0.4) is 0 Å². The average Bonchev–Trinajstić information content (AvgIpc) is 2.27. The molecule has 3 nitrogen and oxygen atoms in total. The van der Waals surface area contributed by atoms with Gasteiger partial charge in [-0.25, -0.2) is 0 Å². The van der Waals surface area contributed by atoms with E-state index in [1.165, 1.54) is 0 Å². The fourth-order valence-corrected chi connectivity index (χ4v) is 2.52. The Hall–Kier alpha value is -0.780. The minimum atomic E-state index is -4.31. The van der Waals surface area contributed by atoms with E-state index in [0.717, 1.165) is 0 Å². The number of aliphatic carboxylic acids is 1. The Labute approximate surface area is 105 Å². The molecule has 2 N–H and O–H groups in total. The summed E-state index contributed by atoms with van der Waals surface area (Å²) in [7, 11) is 0. The van der Waals surface area contributed by atoms with Gasteiger partial charge in [0.25, 0.3) is 0 Å². The highest BCUT2D eigenvalue weighted by molar-refractivity contribution is 5.79. The number of hydrogen-bond acceptors (Lipinski definition) is 2. The van der Waals surface area contributed by atoms with Gasteiger partial charge < -0.3 is 5.11 Å². The number of nitrogens with one attached hydrogen (secondary N) is 1. The third kappa shape index (κ3) is 3.37. The molecule has 18 heavy (non-hydrogen) atoms. The van der Waals surface area contributed by atoms with Gasteiger partial charge in [-0.05, 0) is 32.6 Å². The van der Waals surface area contributed by atoms with Crippen molar-refractivity contribution in [3.63, 3.8) is 0 Å². The summed E-state index contributed by atoms with van der Waals surface area (Å²) in [6, 6.07) is -0.104. The van der Waals surface area contributed by atoms with Crippen molar-refractivity contribution in [2.45, 2.75) is 63.7 Å². The lowest BCUT2D eigenvalue weighted by molar-refractivity contribution is -0.192. The minimum Gasteiger partial charge on any atom is -0.480 e. The molecule has 0 aromatic carbocycles. The maximum Gasteiger partial charge on any atom is 0.391 e. The van der Waals surface area contributed by atoms with Crippen LogP contribution in [0.1, 0.15) is 46.0 Å². The van der Waals surface area contributed by atoms with Crippen molar-refractivity contribution < 1.29 is 23.1 Å². The zero-order valence-corrected chi connectivity index (χ0v) is 10.7. The van der Waals surface area contributed by atoms with Crippen molar-refractivity contribution in [1.82, 2.24) is 5.32 Å². The third-order valence-corrected chi connectivity index (χ3v) is 3.76.